The van der Waals surface area contributed by atoms with Crippen LogP contribution in [0.4, 0.5) is 0 Å². The fourth-order valence-corrected chi connectivity index (χ4v) is 5.12. The molecule has 0 unspecified atom stereocenters. The third-order valence-electron chi connectivity index (χ3n) is 3.77. The van der Waals surface area contributed by atoms with Crippen LogP contribution in [0.3, 0.4) is 0 Å². The summed E-state index contributed by atoms with van der Waals surface area (Å²) in [5, 5.41) is 3.67. The molecule has 0 spiro atoms. The van der Waals surface area contributed by atoms with Crippen LogP contribution in [0.1, 0.15) is 19.8 Å². The van der Waals surface area contributed by atoms with Crippen molar-refractivity contribution in [3.05, 3.63) is 28.2 Å². The van der Waals surface area contributed by atoms with Gasteiger partial charge >= 0.3 is 0 Å². The fraction of sp³-hybridized carbons (Fsp3) is 0.571. The number of nitrogens with zero attached hydrogens (tertiary/aromatic N) is 1. The Balaban J connectivity index is 0.00000242. The lowest BCUT2D eigenvalue weighted by Gasteiger charge is -2.31. The molecule has 1 fully saturated rings. The van der Waals surface area contributed by atoms with Crippen LogP contribution < -0.4 is 5.32 Å². The summed E-state index contributed by atoms with van der Waals surface area (Å²) in [5.74, 6) is 0.526. The molecule has 1 aromatic carbocycles. The molecule has 126 valence electrons. The summed E-state index contributed by atoms with van der Waals surface area (Å²) in [6, 6.07) is 4.75. The van der Waals surface area contributed by atoms with E-state index < -0.39 is 10.0 Å². The zero-order valence-electron chi connectivity index (χ0n) is 12.4. The van der Waals surface area contributed by atoms with Gasteiger partial charge in [-0.2, -0.15) is 4.31 Å². The van der Waals surface area contributed by atoms with Gasteiger partial charge in [0, 0.05) is 13.1 Å². The second-order valence-corrected chi connectivity index (χ2v) is 7.90. The first kappa shape index (κ1) is 20.0. The average molecular weight is 388 g/mol. The maximum atomic E-state index is 12.7. The molecule has 0 bridgehead atoms. The Morgan fingerprint density at radius 1 is 1.23 bits per heavy atom. The SMILES string of the molecule is CCNCC1CCN(S(=O)(=O)c2c(Cl)cccc2Cl)CC1.Cl. The zero-order chi connectivity index (χ0) is 15.5. The second-order valence-electron chi connectivity index (χ2n) is 5.21. The van der Waals surface area contributed by atoms with Crippen molar-refractivity contribution in [1.82, 2.24) is 9.62 Å². The number of piperidine rings is 1. The molecule has 1 heterocycles. The van der Waals surface area contributed by atoms with E-state index in [-0.39, 0.29) is 27.3 Å². The summed E-state index contributed by atoms with van der Waals surface area (Å²) in [6.07, 6.45) is 1.71. The predicted molar refractivity (Wildman–Crippen MR) is 93.7 cm³/mol. The molecule has 0 aliphatic carbocycles. The van der Waals surface area contributed by atoms with Crippen LogP contribution in [0, 0.1) is 5.92 Å². The van der Waals surface area contributed by atoms with Gasteiger partial charge in [-0.15, -0.1) is 12.4 Å². The van der Waals surface area contributed by atoms with E-state index in [4.69, 9.17) is 23.2 Å². The van der Waals surface area contributed by atoms with Gasteiger partial charge in [0.1, 0.15) is 4.90 Å². The molecule has 0 aromatic heterocycles. The molecule has 0 amide bonds. The minimum atomic E-state index is -3.62. The molecule has 2 rings (SSSR count). The number of benzene rings is 1. The summed E-state index contributed by atoms with van der Waals surface area (Å²) in [6.45, 7) is 4.98. The fourth-order valence-electron chi connectivity index (χ4n) is 2.56. The highest BCUT2D eigenvalue weighted by Crippen LogP contribution is 2.33. The Morgan fingerprint density at radius 3 is 2.27 bits per heavy atom. The first-order valence-electron chi connectivity index (χ1n) is 7.11. The maximum absolute atomic E-state index is 12.7. The van der Waals surface area contributed by atoms with Gasteiger partial charge in [0.25, 0.3) is 0 Å². The highest BCUT2D eigenvalue weighted by Gasteiger charge is 2.32. The molecule has 4 nitrogen and oxygen atoms in total. The first-order chi connectivity index (χ1) is 9.96. The number of nitrogens with one attached hydrogen (secondary N) is 1. The van der Waals surface area contributed by atoms with Crippen molar-refractivity contribution < 1.29 is 8.42 Å². The van der Waals surface area contributed by atoms with Gasteiger partial charge in [0.05, 0.1) is 10.0 Å². The predicted octanol–water partition coefficient (Wildman–Crippen LogP) is 3.43. The highest BCUT2D eigenvalue weighted by molar-refractivity contribution is 7.89. The summed E-state index contributed by atoms with van der Waals surface area (Å²) in [7, 11) is -3.62. The van der Waals surface area contributed by atoms with Crippen LogP contribution in [-0.4, -0.2) is 38.9 Å². The molecular formula is C14H21Cl3N2O2S. The summed E-state index contributed by atoms with van der Waals surface area (Å²) >= 11 is 12.1. The van der Waals surface area contributed by atoms with Crippen molar-refractivity contribution in [2.75, 3.05) is 26.2 Å². The van der Waals surface area contributed by atoms with Crippen molar-refractivity contribution in [3.63, 3.8) is 0 Å². The van der Waals surface area contributed by atoms with Crippen molar-refractivity contribution in [2.24, 2.45) is 5.92 Å². The minimum Gasteiger partial charge on any atom is -0.317 e. The van der Waals surface area contributed by atoms with Crippen molar-refractivity contribution in [3.8, 4) is 0 Å². The first-order valence-corrected chi connectivity index (χ1v) is 9.31. The van der Waals surface area contributed by atoms with Gasteiger partial charge in [0.2, 0.25) is 10.0 Å². The van der Waals surface area contributed by atoms with E-state index in [0.717, 1.165) is 25.9 Å². The van der Waals surface area contributed by atoms with Crippen LogP contribution in [-0.2, 0) is 10.0 Å². The molecule has 0 radical (unpaired) electrons. The zero-order valence-corrected chi connectivity index (χ0v) is 15.5. The molecular weight excluding hydrogens is 367 g/mol. The molecule has 1 N–H and O–H groups in total. The molecule has 0 saturated carbocycles. The lowest BCUT2D eigenvalue weighted by Crippen LogP contribution is -2.40. The van der Waals surface area contributed by atoms with Crippen molar-refractivity contribution in [1.29, 1.82) is 0 Å². The minimum absolute atomic E-state index is 0. The van der Waals surface area contributed by atoms with Gasteiger partial charge in [-0.25, -0.2) is 8.42 Å². The molecule has 0 atom stereocenters. The third kappa shape index (κ3) is 4.49. The topological polar surface area (TPSA) is 49.4 Å². The third-order valence-corrected chi connectivity index (χ3v) is 6.63. The van der Waals surface area contributed by atoms with Crippen LogP contribution in [0.25, 0.3) is 0 Å². The number of hydrogen-bond donors (Lipinski definition) is 1. The van der Waals surface area contributed by atoms with E-state index in [0.29, 0.717) is 19.0 Å². The monoisotopic (exact) mass is 386 g/mol. The largest absolute Gasteiger partial charge is 0.317 e. The van der Waals surface area contributed by atoms with Crippen LogP contribution in [0.2, 0.25) is 10.0 Å². The van der Waals surface area contributed by atoms with E-state index in [2.05, 4.69) is 12.2 Å². The number of rotatable bonds is 5. The molecule has 1 aliphatic rings. The summed E-state index contributed by atoms with van der Waals surface area (Å²) in [4.78, 5) is 0.0264. The van der Waals surface area contributed by atoms with E-state index >= 15 is 0 Å². The van der Waals surface area contributed by atoms with Crippen LogP contribution in [0.5, 0.6) is 0 Å². The van der Waals surface area contributed by atoms with E-state index in [1.165, 1.54) is 4.31 Å². The Labute approximate surface area is 148 Å². The number of hydrogen-bond acceptors (Lipinski definition) is 3. The Kier molecular flexibility index (Phi) is 7.92. The second kappa shape index (κ2) is 8.71. The van der Waals surface area contributed by atoms with Crippen molar-refractivity contribution in [2.45, 2.75) is 24.7 Å². The van der Waals surface area contributed by atoms with Crippen LogP contribution in [0.15, 0.2) is 23.1 Å². The lowest BCUT2D eigenvalue weighted by atomic mass is 9.98. The smallest absolute Gasteiger partial charge is 0.246 e. The number of sulfonamides is 1. The van der Waals surface area contributed by atoms with Gasteiger partial charge in [0.15, 0.2) is 0 Å². The lowest BCUT2D eigenvalue weighted by molar-refractivity contribution is 0.268. The quantitative estimate of drug-likeness (QED) is 0.842. The van der Waals surface area contributed by atoms with Crippen LogP contribution >= 0.6 is 35.6 Å². The molecule has 8 heteroatoms. The number of halogens is 3. The van der Waals surface area contributed by atoms with Gasteiger partial charge in [-0.3, -0.25) is 0 Å². The normalized spacial score (nSPS) is 17.2. The Bertz CT molecular complexity index is 568. The van der Waals surface area contributed by atoms with Gasteiger partial charge in [-0.1, -0.05) is 36.2 Å². The van der Waals surface area contributed by atoms with E-state index in [1.807, 2.05) is 0 Å². The van der Waals surface area contributed by atoms with Crippen molar-refractivity contribution >= 4 is 45.6 Å². The summed E-state index contributed by atoms with van der Waals surface area (Å²) < 4.78 is 26.9. The van der Waals surface area contributed by atoms with Gasteiger partial charge < -0.3 is 5.32 Å². The van der Waals surface area contributed by atoms with E-state index in [1.54, 1.807) is 18.2 Å². The molecule has 22 heavy (non-hydrogen) atoms. The standard InChI is InChI=1S/C14H20Cl2N2O2S.ClH/c1-2-17-10-11-6-8-18(9-7-11)21(19,20)14-12(15)4-3-5-13(14)16;/h3-5,11,17H,2,6-10H2,1H3;1H. The van der Waals surface area contributed by atoms with E-state index in [9.17, 15) is 8.42 Å². The Morgan fingerprint density at radius 2 is 1.77 bits per heavy atom. The molecule has 1 aromatic rings. The maximum Gasteiger partial charge on any atom is 0.246 e. The highest BCUT2D eigenvalue weighted by atomic mass is 35.5. The molecule has 1 saturated heterocycles. The average Bonchev–Trinajstić information content (AvgIpc) is 2.45. The summed E-state index contributed by atoms with van der Waals surface area (Å²) in [5.41, 5.74) is 0. The Hall–Kier alpha value is -0.0400. The van der Waals surface area contributed by atoms with Gasteiger partial charge in [-0.05, 0) is 44.0 Å². The molecule has 1 aliphatic heterocycles.